The molecule has 1 amide bonds. The fraction of sp³-hybridized carbons (Fsp3) is 0.353. The predicted molar refractivity (Wildman–Crippen MR) is 80.9 cm³/mol. The molecule has 20 heavy (non-hydrogen) atoms. The number of nitrogens with zero attached hydrogens (tertiary/aromatic N) is 1. The van der Waals surface area contributed by atoms with E-state index >= 15 is 0 Å². The number of aryl methyl sites for hydroxylation is 1. The van der Waals surface area contributed by atoms with Crippen LogP contribution in [0, 0.1) is 0 Å². The van der Waals surface area contributed by atoms with Crippen LogP contribution in [-0.4, -0.2) is 29.9 Å². The van der Waals surface area contributed by atoms with Crippen LogP contribution in [0.1, 0.15) is 34.6 Å². The average Bonchev–Trinajstić information content (AvgIpc) is 2.86. The number of carbonyl (C=O) groups excluding carboxylic acids is 1. The Morgan fingerprint density at radius 2 is 1.80 bits per heavy atom. The Labute approximate surface area is 119 Å². The summed E-state index contributed by atoms with van der Waals surface area (Å²) in [4.78, 5) is 17.5. The molecule has 0 atom stereocenters. The highest BCUT2D eigenvalue weighted by Crippen LogP contribution is 2.35. The molecule has 0 bridgehead atoms. The number of rotatable bonds is 2. The van der Waals surface area contributed by atoms with Crippen molar-refractivity contribution < 1.29 is 4.79 Å². The number of benzene rings is 1. The van der Waals surface area contributed by atoms with Crippen molar-refractivity contribution in [3.05, 3.63) is 47.3 Å². The second-order valence-corrected chi connectivity index (χ2v) is 5.60. The van der Waals surface area contributed by atoms with Crippen LogP contribution in [0.2, 0.25) is 0 Å². The van der Waals surface area contributed by atoms with E-state index in [0.29, 0.717) is 0 Å². The van der Waals surface area contributed by atoms with Crippen LogP contribution < -0.4 is 0 Å². The van der Waals surface area contributed by atoms with Crippen molar-refractivity contribution in [2.45, 2.75) is 25.7 Å². The molecule has 0 unspecified atom stereocenters. The lowest BCUT2D eigenvalue weighted by atomic mass is 9.91. The second kappa shape index (κ2) is 5.16. The molecule has 3 heteroatoms. The summed E-state index contributed by atoms with van der Waals surface area (Å²) >= 11 is 0. The topological polar surface area (TPSA) is 36.1 Å². The standard InChI is InChI=1S/C17H20N2O/c1-19(2)17(20)16-15(12-8-4-3-5-9-12)13-10-6-7-11-14(13)18-16/h3-5,8-9,18H,6-7,10-11H2,1-2H3. The zero-order chi connectivity index (χ0) is 14.1. The number of aromatic nitrogens is 1. The summed E-state index contributed by atoms with van der Waals surface area (Å²) in [7, 11) is 3.61. The van der Waals surface area contributed by atoms with Crippen LogP contribution in [0.25, 0.3) is 11.1 Å². The third kappa shape index (κ3) is 2.13. The third-order valence-corrected chi connectivity index (χ3v) is 3.98. The van der Waals surface area contributed by atoms with Gasteiger partial charge in [0.2, 0.25) is 0 Å². The van der Waals surface area contributed by atoms with Gasteiger partial charge in [0, 0.05) is 25.4 Å². The normalized spacial score (nSPS) is 13.9. The molecule has 1 aromatic heterocycles. The van der Waals surface area contributed by atoms with Crippen molar-refractivity contribution in [3.8, 4) is 11.1 Å². The Hall–Kier alpha value is -2.03. The fourth-order valence-electron chi connectivity index (χ4n) is 2.99. The Balaban J connectivity index is 2.19. The summed E-state index contributed by atoms with van der Waals surface area (Å²) in [6.07, 6.45) is 4.53. The summed E-state index contributed by atoms with van der Waals surface area (Å²) < 4.78 is 0. The molecule has 0 saturated carbocycles. The van der Waals surface area contributed by atoms with Gasteiger partial charge in [-0.3, -0.25) is 4.79 Å². The first-order valence-corrected chi connectivity index (χ1v) is 7.19. The lowest BCUT2D eigenvalue weighted by Gasteiger charge is -2.14. The number of H-pyrrole nitrogens is 1. The minimum atomic E-state index is 0.0539. The van der Waals surface area contributed by atoms with Crippen molar-refractivity contribution in [2.75, 3.05) is 14.1 Å². The van der Waals surface area contributed by atoms with Gasteiger partial charge in [0.1, 0.15) is 5.69 Å². The van der Waals surface area contributed by atoms with Gasteiger partial charge in [-0.15, -0.1) is 0 Å². The van der Waals surface area contributed by atoms with Crippen molar-refractivity contribution in [3.63, 3.8) is 0 Å². The van der Waals surface area contributed by atoms with E-state index in [0.717, 1.165) is 29.7 Å². The van der Waals surface area contributed by atoms with Gasteiger partial charge in [0.15, 0.2) is 0 Å². The number of hydrogen-bond acceptors (Lipinski definition) is 1. The predicted octanol–water partition coefficient (Wildman–Crippen LogP) is 3.26. The highest BCUT2D eigenvalue weighted by molar-refractivity contribution is 6.00. The minimum Gasteiger partial charge on any atom is -0.354 e. The first-order valence-electron chi connectivity index (χ1n) is 7.19. The van der Waals surface area contributed by atoms with Gasteiger partial charge < -0.3 is 9.88 Å². The highest BCUT2D eigenvalue weighted by Gasteiger charge is 2.25. The van der Waals surface area contributed by atoms with E-state index in [1.165, 1.54) is 24.1 Å². The van der Waals surface area contributed by atoms with Crippen LogP contribution in [0.4, 0.5) is 0 Å². The van der Waals surface area contributed by atoms with Gasteiger partial charge in [0.25, 0.3) is 5.91 Å². The van der Waals surface area contributed by atoms with Gasteiger partial charge in [-0.1, -0.05) is 30.3 Å². The van der Waals surface area contributed by atoms with Gasteiger partial charge in [-0.2, -0.15) is 0 Å². The Morgan fingerprint density at radius 3 is 2.50 bits per heavy atom. The van der Waals surface area contributed by atoms with E-state index in [-0.39, 0.29) is 5.91 Å². The van der Waals surface area contributed by atoms with E-state index in [2.05, 4.69) is 17.1 Å². The van der Waals surface area contributed by atoms with Crippen molar-refractivity contribution >= 4 is 5.91 Å². The summed E-state index contributed by atoms with van der Waals surface area (Å²) in [5.41, 5.74) is 5.58. The number of amides is 1. The molecule has 3 nitrogen and oxygen atoms in total. The van der Waals surface area contributed by atoms with E-state index in [9.17, 15) is 4.79 Å². The van der Waals surface area contributed by atoms with E-state index in [1.54, 1.807) is 19.0 Å². The molecular formula is C17H20N2O. The van der Waals surface area contributed by atoms with Crippen LogP contribution in [0.3, 0.4) is 0 Å². The van der Waals surface area contributed by atoms with Crippen LogP contribution in [-0.2, 0) is 12.8 Å². The van der Waals surface area contributed by atoms with Gasteiger partial charge >= 0.3 is 0 Å². The highest BCUT2D eigenvalue weighted by atomic mass is 16.2. The SMILES string of the molecule is CN(C)C(=O)c1[nH]c2c(c1-c1ccccc1)CCCC2. The molecule has 2 aromatic rings. The molecule has 1 N–H and O–H groups in total. The summed E-state index contributed by atoms with van der Waals surface area (Å²) in [6.45, 7) is 0. The van der Waals surface area contributed by atoms with Crippen LogP contribution >= 0.6 is 0 Å². The number of hydrogen-bond donors (Lipinski definition) is 1. The molecule has 1 aliphatic rings. The Kier molecular flexibility index (Phi) is 3.35. The third-order valence-electron chi connectivity index (χ3n) is 3.98. The summed E-state index contributed by atoms with van der Waals surface area (Å²) in [5, 5.41) is 0. The van der Waals surface area contributed by atoms with Crippen molar-refractivity contribution in [1.82, 2.24) is 9.88 Å². The van der Waals surface area contributed by atoms with Gasteiger partial charge in [0.05, 0.1) is 0 Å². The Bertz CT molecular complexity index is 626. The molecule has 104 valence electrons. The molecule has 0 saturated heterocycles. The maximum absolute atomic E-state index is 12.5. The van der Waals surface area contributed by atoms with Crippen LogP contribution in [0.5, 0.6) is 0 Å². The lowest BCUT2D eigenvalue weighted by molar-refractivity contribution is 0.0823. The summed E-state index contributed by atoms with van der Waals surface area (Å²) in [5.74, 6) is 0.0539. The fourth-order valence-corrected chi connectivity index (χ4v) is 2.99. The first-order chi connectivity index (χ1) is 9.68. The van der Waals surface area contributed by atoms with Crippen LogP contribution in [0.15, 0.2) is 30.3 Å². The number of nitrogens with one attached hydrogen (secondary N) is 1. The number of carbonyl (C=O) groups is 1. The molecule has 0 radical (unpaired) electrons. The number of fused-ring (bicyclic) bond motifs is 1. The quantitative estimate of drug-likeness (QED) is 0.891. The molecule has 3 rings (SSSR count). The molecule has 0 spiro atoms. The number of aromatic amines is 1. The molecular weight excluding hydrogens is 248 g/mol. The van der Waals surface area contributed by atoms with E-state index in [1.807, 2.05) is 18.2 Å². The largest absolute Gasteiger partial charge is 0.354 e. The Morgan fingerprint density at radius 1 is 1.10 bits per heavy atom. The minimum absolute atomic E-state index is 0.0539. The molecule has 0 fully saturated rings. The monoisotopic (exact) mass is 268 g/mol. The molecule has 1 heterocycles. The lowest BCUT2D eigenvalue weighted by Crippen LogP contribution is -2.22. The summed E-state index contributed by atoms with van der Waals surface area (Å²) in [6, 6.07) is 10.2. The zero-order valence-corrected chi connectivity index (χ0v) is 12.1. The van der Waals surface area contributed by atoms with E-state index in [4.69, 9.17) is 0 Å². The zero-order valence-electron chi connectivity index (χ0n) is 12.1. The average molecular weight is 268 g/mol. The second-order valence-electron chi connectivity index (χ2n) is 5.60. The van der Waals surface area contributed by atoms with Crippen molar-refractivity contribution in [1.29, 1.82) is 0 Å². The van der Waals surface area contributed by atoms with Gasteiger partial charge in [-0.05, 0) is 36.8 Å². The molecule has 1 aliphatic carbocycles. The molecule has 0 aliphatic heterocycles. The maximum Gasteiger partial charge on any atom is 0.270 e. The van der Waals surface area contributed by atoms with E-state index < -0.39 is 0 Å². The molecule has 1 aromatic carbocycles. The van der Waals surface area contributed by atoms with Crippen molar-refractivity contribution in [2.24, 2.45) is 0 Å². The first kappa shape index (κ1) is 13.0. The maximum atomic E-state index is 12.5. The van der Waals surface area contributed by atoms with Gasteiger partial charge in [-0.25, -0.2) is 0 Å². The smallest absolute Gasteiger partial charge is 0.270 e.